The van der Waals surface area contributed by atoms with E-state index in [0.717, 1.165) is 36.4 Å². The first-order chi connectivity index (χ1) is 39.0. The highest BCUT2D eigenvalue weighted by Gasteiger charge is 2.39. The molecule has 0 unspecified atom stereocenters. The van der Waals surface area contributed by atoms with Crippen molar-refractivity contribution in [3.05, 3.63) is 174 Å². The summed E-state index contributed by atoms with van der Waals surface area (Å²) in [6, 6.07) is 17.1. The van der Waals surface area contributed by atoms with Crippen LogP contribution in [0.1, 0.15) is 147 Å². The minimum absolute atomic E-state index is 0.0255. The molecule has 0 aromatic heterocycles. The van der Waals surface area contributed by atoms with E-state index < -0.39 is 98.0 Å². The van der Waals surface area contributed by atoms with E-state index in [1.165, 1.54) is 36.4 Å². The molecule has 0 aliphatic heterocycles. The smallest absolute Gasteiger partial charge is 0.338 e. The number of ether oxygens (including phenoxy) is 6. The zero-order valence-electron chi connectivity index (χ0n) is 42.3. The zero-order chi connectivity index (χ0) is 57.4. The molecule has 0 heterocycles. The number of ketones is 6. The van der Waals surface area contributed by atoms with Crippen LogP contribution in [0.25, 0.3) is 11.8 Å². The lowest BCUT2D eigenvalue weighted by atomic mass is 9.83. The largest absolute Gasteiger partial charge is 0.507 e. The number of hydrogen-bond acceptors (Lipinski definition) is 21. The van der Waals surface area contributed by atoms with E-state index in [0.29, 0.717) is 18.4 Å². The molecular weight excluding hydrogens is 1060 g/mol. The summed E-state index contributed by atoms with van der Waals surface area (Å²) in [4.78, 5) is 120. The van der Waals surface area contributed by atoms with Crippen molar-refractivity contribution in [1.82, 2.24) is 0 Å². The quantitative estimate of drug-likeness (QED) is 0.0125. The second kappa shape index (κ2) is 22.0. The van der Waals surface area contributed by atoms with Gasteiger partial charge in [-0.3, -0.25) is 28.8 Å². The van der Waals surface area contributed by atoms with Gasteiger partial charge in [-0.15, -0.1) is 0 Å². The Morgan fingerprint density at radius 2 is 0.827 bits per heavy atom. The molecule has 21 heteroatoms. The number of allylic oxidation sites excluding steroid dienone is 2. The molecular formula is C60H44O21. The Balaban J connectivity index is 0.800. The Morgan fingerprint density at radius 1 is 0.432 bits per heavy atom. The maximum absolute atomic E-state index is 13.6. The first kappa shape index (κ1) is 53.8. The molecule has 6 N–H and O–H groups in total. The van der Waals surface area contributed by atoms with Gasteiger partial charge in [0.1, 0.15) is 28.8 Å². The van der Waals surface area contributed by atoms with Gasteiger partial charge in [-0.25, -0.2) is 14.4 Å². The number of hydrogen-bond donors (Lipinski definition) is 6. The van der Waals surface area contributed by atoms with Gasteiger partial charge in [0.25, 0.3) is 0 Å². The minimum Gasteiger partial charge on any atom is -0.507 e. The summed E-state index contributed by atoms with van der Waals surface area (Å²) in [7, 11) is 0. The van der Waals surface area contributed by atoms with Crippen LogP contribution in [0, 0.1) is 0 Å². The molecule has 10 rings (SSSR count). The van der Waals surface area contributed by atoms with Crippen LogP contribution >= 0.6 is 0 Å². The van der Waals surface area contributed by atoms with Crippen molar-refractivity contribution in [3.8, 4) is 46.0 Å². The summed E-state index contributed by atoms with van der Waals surface area (Å²) in [5, 5.41) is 64.2. The van der Waals surface area contributed by atoms with Crippen molar-refractivity contribution in [3.63, 3.8) is 0 Å². The van der Waals surface area contributed by atoms with Gasteiger partial charge in [-0.05, 0) is 31.0 Å². The molecule has 0 amide bonds. The Kier molecular flexibility index (Phi) is 14.6. The average molecular weight is 1100 g/mol. The van der Waals surface area contributed by atoms with Gasteiger partial charge >= 0.3 is 17.9 Å². The molecule has 410 valence electrons. The van der Waals surface area contributed by atoms with Crippen LogP contribution in [-0.4, -0.2) is 123 Å². The van der Waals surface area contributed by atoms with Crippen molar-refractivity contribution >= 4 is 64.4 Å². The molecule has 0 saturated heterocycles. The third kappa shape index (κ3) is 9.92. The maximum atomic E-state index is 13.6. The molecule has 4 aliphatic rings. The number of phenols is 6. The fourth-order valence-electron chi connectivity index (χ4n) is 9.74. The zero-order valence-corrected chi connectivity index (χ0v) is 42.3. The molecule has 0 fully saturated rings. The number of carbonyl (C=O) groups excluding carboxylic acids is 9. The summed E-state index contributed by atoms with van der Waals surface area (Å²) in [5.41, 5.74) is -2.18. The Morgan fingerprint density at radius 3 is 1.26 bits per heavy atom. The molecule has 81 heavy (non-hydrogen) atoms. The van der Waals surface area contributed by atoms with Crippen LogP contribution in [-0.2, 0) is 30.2 Å². The van der Waals surface area contributed by atoms with Crippen molar-refractivity contribution in [2.24, 2.45) is 0 Å². The van der Waals surface area contributed by atoms with Gasteiger partial charge in [0.15, 0.2) is 46.1 Å². The molecule has 0 radical (unpaired) electrons. The average Bonchev–Trinajstić information content (AvgIpc) is 3.61. The number of carbonyl (C=O) groups is 9. The number of Topliss-reactive ketones (excluding diaryl/α,β-unsaturated/α-hetero) is 1. The van der Waals surface area contributed by atoms with Crippen molar-refractivity contribution < 1.29 is 102 Å². The lowest BCUT2D eigenvalue weighted by Gasteiger charge is -2.24. The van der Waals surface area contributed by atoms with Gasteiger partial charge in [0.2, 0.25) is 11.6 Å². The van der Waals surface area contributed by atoms with Gasteiger partial charge in [0.05, 0.1) is 89.7 Å². The van der Waals surface area contributed by atoms with Crippen molar-refractivity contribution in [2.45, 2.75) is 32.1 Å². The van der Waals surface area contributed by atoms with E-state index in [1.807, 2.05) is 0 Å². The molecule has 0 spiro atoms. The highest BCUT2D eigenvalue weighted by atomic mass is 16.5. The standard InChI is InChI=1S/C60H44O21/c61-37-25-40(43-46(55(37)70)52(67)34-13-4-1-10-31(34)49(43)64)76-16-7-19-79-58(73)28-22-29(59(74)80-20-8-17-77-41-26-38(62)56(71)47-44(41)50(65)32-11-2-5-14-35(32)53(47)68)24-30(23-28)60(75)81-21-9-18-78-42-27-39(63)57(72)48-45(42)51(66)33-12-3-6-15-36(33)54(48)69/h1-2,4-6,10-11,13-15,22-27,61-62,66,69-71H,3,7-9,12,16-21H2. The third-order valence-corrected chi connectivity index (χ3v) is 13.6. The Hall–Kier alpha value is -10.6. The van der Waals surface area contributed by atoms with E-state index in [-0.39, 0.29) is 143 Å². The van der Waals surface area contributed by atoms with E-state index in [4.69, 9.17) is 28.4 Å². The molecule has 6 aromatic carbocycles. The highest BCUT2D eigenvalue weighted by Crippen LogP contribution is 2.47. The van der Waals surface area contributed by atoms with Gasteiger partial charge < -0.3 is 59.1 Å². The molecule has 21 nitrogen and oxygen atoms in total. The number of esters is 3. The summed E-state index contributed by atoms with van der Waals surface area (Å²) < 4.78 is 33.6. The maximum Gasteiger partial charge on any atom is 0.338 e. The van der Waals surface area contributed by atoms with E-state index in [2.05, 4.69) is 0 Å². The van der Waals surface area contributed by atoms with E-state index in [1.54, 1.807) is 24.3 Å². The fourth-order valence-corrected chi connectivity index (χ4v) is 9.74. The summed E-state index contributed by atoms with van der Waals surface area (Å²) in [6.45, 7) is -1.75. The van der Waals surface area contributed by atoms with E-state index in [9.17, 15) is 73.8 Å². The second-order valence-corrected chi connectivity index (χ2v) is 18.7. The molecule has 4 aliphatic carbocycles. The van der Waals surface area contributed by atoms with Crippen molar-refractivity contribution in [2.75, 3.05) is 39.6 Å². The first-order valence-corrected chi connectivity index (χ1v) is 25.1. The fraction of sp³-hybridized carbons (Fsp3) is 0.183. The van der Waals surface area contributed by atoms with Crippen molar-refractivity contribution in [1.29, 1.82) is 0 Å². The third-order valence-electron chi connectivity index (χ3n) is 13.6. The Labute approximate surface area is 457 Å². The monoisotopic (exact) mass is 1100 g/mol. The normalized spacial score (nSPS) is 13.7. The minimum atomic E-state index is -1.04. The number of aromatic hydroxyl groups is 6. The number of fused-ring (bicyclic) bond motifs is 6. The van der Waals surface area contributed by atoms with Crippen LogP contribution in [0.4, 0.5) is 0 Å². The molecule has 6 aromatic rings. The Bertz CT molecular complexity index is 3670. The number of benzene rings is 6. The van der Waals surface area contributed by atoms with Crippen LogP contribution in [0.5, 0.6) is 46.0 Å². The predicted octanol–water partition coefficient (Wildman–Crippen LogP) is 7.05. The summed E-state index contributed by atoms with van der Waals surface area (Å²) >= 11 is 0. The highest BCUT2D eigenvalue weighted by molar-refractivity contribution is 6.51. The molecule has 0 bridgehead atoms. The summed E-state index contributed by atoms with van der Waals surface area (Å²) in [6.07, 6.45) is 4.96. The molecule has 0 saturated carbocycles. The topological polar surface area (TPSA) is 330 Å². The first-order valence-electron chi connectivity index (χ1n) is 25.1. The number of rotatable bonds is 18. The lowest BCUT2D eigenvalue weighted by molar-refractivity contribution is -0.111. The number of phenolic OH excluding ortho intramolecular Hbond substituents is 6. The van der Waals surface area contributed by atoms with Crippen LogP contribution in [0.15, 0.2) is 91.0 Å². The van der Waals surface area contributed by atoms with Crippen LogP contribution in [0.2, 0.25) is 0 Å². The van der Waals surface area contributed by atoms with Crippen LogP contribution in [0.3, 0.4) is 0 Å². The lowest BCUT2D eigenvalue weighted by Crippen LogP contribution is -2.22. The van der Waals surface area contributed by atoms with Crippen LogP contribution < -0.4 is 9.47 Å². The SMILES string of the molecule is O=C1C=C(OCCCOC(=O)c2cc(C(=O)OCCCOc3cc(O)c(O)c4c3C(=O)c3ccccc3C4=O)cc(C(=O)OCCCOc3cc(O)c(O)c4c3C(=O)c3ccccc3C4=O)c2)c2c(O)c3c(c(O)c2C1=O)C=CCC3. The van der Waals surface area contributed by atoms with Gasteiger partial charge in [-0.2, -0.15) is 0 Å². The van der Waals surface area contributed by atoms with Gasteiger partial charge in [-0.1, -0.05) is 60.7 Å². The van der Waals surface area contributed by atoms with Gasteiger partial charge in [0, 0.05) is 70.9 Å². The molecule has 0 atom stereocenters. The predicted molar refractivity (Wildman–Crippen MR) is 279 cm³/mol. The van der Waals surface area contributed by atoms with E-state index >= 15 is 0 Å². The second-order valence-electron chi connectivity index (χ2n) is 18.7. The summed E-state index contributed by atoms with van der Waals surface area (Å²) in [5.74, 6) is -12.3.